The minimum absolute atomic E-state index is 0.0511. The molecule has 1 fully saturated rings. The molecule has 0 bridgehead atoms. The van der Waals surface area contributed by atoms with Crippen molar-refractivity contribution in [3.63, 3.8) is 0 Å². The fourth-order valence-corrected chi connectivity index (χ4v) is 4.60. The first kappa shape index (κ1) is 20.3. The summed E-state index contributed by atoms with van der Waals surface area (Å²) in [5, 5.41) is 11.6. The van der Waals surface area contributed by atoms with Gasteiger partial charge in [0.05, 0.1) is 12.2 Å². The predicted octanol–water partition coefficient (Wildman–Crippen LogP) is 2.73. The van der Waals surface area contributed by atoms with Crippen molar-refractivity contribution in [2.75, 3.05) is 24.3 Å². The average Bonchev–Trinajstić information content (AvgIpc) is 2.73. The number of hydrogen-bond donors (Lipinski definition) is 2. The van der Waals surface area contributed by atoms with Crippen molar-refractivity contribution in [2.45, 2.75) is 17.6 Å². The first-order valence-electron chi connectivity index (χ1n) is 9.09. The number of carbonyl (C=O) groups excluding carboxylic acids is 1. The fraction of sp³-hybridized carbons (Fsp3) is 0.300. The summed E-state index contributed by atoms with van der Waals surface area (Å²) >= 11 is 1.12. The topological polar surface area (TPSA) is 113 Å². The van der Waals surface area contributed by atoms with Crippen LogP contribution in [-0.4, -0.2) is 40.7 Å². The lowest BCUT2D eigenvalue weighted by molar-refractivity contribution is -0.0693. The Morgan fingerprint density at radius 3 is 2.93 bits per heavy atom. The predicted molar refractivity (Wildman–Crippen MR) is 108 cm³/mol. The molecule has 1 amide bonds. The summed E-state index contributed by atoms with van der Waals surface area (Å²) in [4.78, 5) is 20.7. The normalized spacial score (nSPS) is 25.6. The van der Waals surface area contributed by atoms with Crippen LogP contribution in [0.3, 0.4) is 0 Å². The molecule has 2 aliphatic rings. The maximum atomic E-state index is 15.9. The molecule has 0 radical (unpaired) electrons. The number of benzene rings is 1. The molecule has 2 aliphatic heterocycles. The van der Waals surface area contributed by atoms with Gasteiger partial charge in [0.15, 0.2) is 10.8 Å². The lowest BCUT2D eigenvalue weighted by Crippen LogP contribution is -2.58. The number of hydrogen-bond acceptors (Lipinski definition) is 7. The molecule has 0 spiro atoms. The van der Waals surface area contributed by atoms with Crippen LogP contribution in [0, 0.1) is 17.1 Å². The highest BCUT2D eigenvalue weighted by atomic mass is 32.2. The summed E-state index contributed by atoms with van der Waals surface area (Å²) in [5.74, 6) is -1.17. The molecule has 1 aromatic carbocycles. The summed E-state index contributed by atoms with van der Waals surface area (Å²) in [7, 11) is 0. The maximum absolute atomic E-state index is 15.9. The molecule has 1 aromatic heterocycles. The van der Waals surface area contributed by atoms with Crippen LogP contribution < -0.4 is 11.1 Å². The summed E-state index contributed by atoms with van der Waals surface area (Å²) in [6.07, 6.45) is 1.36. The van der Waals surface area contributed by atoms with Crippen LogP contribution in [0.15, 0.2) is 41.5 Å². The molecule has 30 heavy (non-hydrogen) atoms. The van der Waals surface area contributed by atoms with E-state index in [1.165, 1.54) is 30.5 Å². The number of fused-ring (bicyclic) bond motifs is 1. The number of ether oxygens (including phenoxy) is 1. The molecule has 10 heteroatoms. The van der Waals surface area contributed by atoms with Gasteiger partial charge >= 0.3 is 0 Å². The third-order valence-corrected chi connectivity index (χ3v) is 6.19. The van der Waals surface area contributed by atoms with Gasteiger partial charge in [-0.15, -0.1) is 0 Å². The van der Waals surface area contributed by atoms with E-state index in [1.807, 2.05) is 6.07 Å². The number of aromatic nitrogens is 1. The molecule has 0 saturated carbocycles. The van der Waals surface area contributed by atoms with Crippen molar-refractivity contribution in [3.8, 4) is 6.07 Å². The fourth-order valence-electron chi connectivity index (χ4n) is 3.62. The molecule has 2 atom stereocenters. The van der Waals surface area contributed by atoms with Gasteiger partial charge in [-0.25, -0.2) is 18.8 Å². The van der Waals surface area contributed by atoms with Gasteiger partial charge in [0.2, 0.25) is 0 Å². The molecule has 3 N–H and O–H groups in total. The summed E-state index contributed by atoms with van der Waals surface area (Å²) < 4.78 is 35.8. The van der Waals surface area contributed by atoms with Gasteiger partial charge in [-0.3, -0.25) is 4.79 Å². The second-order valence-corrected chi connectivity index (χ2v) is 8.09. The molecule has 3 heterocycles. The Morgan fingerprint density at radius 2 is 2.20 bits per heavy atom. The van der Waals surface area contributed by atoms with Gasteiger partial charge in [0, 0.05) is 30.7 Å². The summed E-state index contributed by atoms with van der Waals surface area (Å²) in [6, 6.07) is 8.53. The third kappa shape index (κ3) is 3.51. The zero-order valence-corrected chi connectivity index (χ0v) is 16.5. The van der Waals surface area contributed by atoms with Crippen molar-refractivity contribution in [3.05, 3.63) is 59.2 Å². The van der Waals surface area contributed by atoms with E-state index >= 15 is 4.39 Å². The number of nitrogens with one attached hydrogen (secondary N) is 1. The molecule has 7 nitrogen and oxygen atoms in total. The van der Waals surface area contributed by atoms with Crippen molar-refractivity contribution in [1.82, 2.24) is 4.98 Å². The van der Waals surface area contributed by atoms with Crippen LogP contribution in [0.2, 0.25) is 0 Å². The molecule has 154 valence electrons. The standard InChI is InChI=1S/C20H17F2N5O2S/c21-14-5-13(20-10-29-4-3-19(20,22)11-30-18(24)27-20)6-15(7-14)26-17(28)16-2-1-12(8-23)9-25-16/h1-2,5-7,9H,3-4,10-11H2,(H2,24,27)(H,26,28)/t19-,20-/m1/s1. The molecule has 4 rings (SSSR count). The Hall–Kier alpha value is -3.03. The van der Waals surface area contributed by atoms with Gasteiger partial charge in [-0.1, -0.05) is 11.8 Å². The maximum Gasteiger partial charge on any atom is 0.274 e. The van der Waals surface area contributed by atoms with Crippen LogP contribution in [-0.2, 0) is 10.3 Å². The van der Waals surface area contributed by atoms with E-state index in [-0.39, 0.29) is 47.5 Å². The minimum atomic E-state index is -1.76. The number of aliphatic imine (C=N–C) groups is 1. The van der Waals surface area contributed by atoms with E-state index in [0.29, 0.717) is 5.56 Å². The lowest BCUT2D eigenvalue weighted by Gasteiger charge is -2.48. The molecule has 2 aromatic rings. The summed E-state index contributed by atoms with van der Waals surface area (Å²) in [6.45, 7) is 0.149. The SMILES string of the molecule is N#Cc1ccc(C(=O)Nc2cc(F)cc([C@]34COCC[C@@]3(F)CSC(N)=N4)c2)nc1. The molecule has 0 unspecified atom stereocenters. The summed E-state index contributed by atoms with van der Waals surface area (Å²) in [5.41, 5.74) is 3.33. The Morgan fingerprint density at radius 1 is 1.37 bits per heavy atom. The minimum Gasteiger partial charge on any atom is -0.379 e. The van der Waals surface area contributed by atoms with Crippen LogP contribution >= 0.6 is 11.8 Å². The molecule has 0 aliphatic carbocycles. The Kier molecular flexibility index (Phi) is 5.17. The van der Waals surface area contributed by atoms with Crippen LogP contribution in [0.5, 0.6) is 0 Å². The first-order valence-corrected chi connectivity index (χ1v) is 10.1. The highest BCUT2D eigenvalue weighted by Crippen LogP contribution is 2.50. The number of amidine groups is 1. The van der Waals surface area contributed by atoms with Gasteiger partial charge in [0.1, 0.15) is 23.1 Å². The second kappa shape index (κ2) is 7.66. The Balaban J connectivity index is 1.70. The number of nitrogens with zero attached hydrogens (tertiary/aromatic N) is 3. The zero-order valence-electron chi connectivity index (χ0n) is 15.7. The number of anilines is 1. The first-order chi connectivity index (χ1) is 14.3. The highest BCUT2D eigenvalue weighted by Gasteiger charge is 2.58. The highest BCUT2D eigenvalue weighted by molar-refractivity contribution is 8.13. The van der Waals surface area contributed by atoms with E-state index in [9.17, 15) is 9.18 Å². The van der Waals surface area contributed by atoms with Crippen molar-refractivity contribution in [1.29, 1.82) is 5.26 Å². The van der Waals surface area contributed by atoms with Crippen molar-refractivity contribution in [2.24, 2.45) is 10.7 Å². The number of pyridine rings is 1. The van der Waals surface area contributed by atoms with Crippen molar-refractivity contribution < 1.29 is 18.3 Å². The monoisotopic (exact) mass is 429 g/mol. The van der Waals surface area contributed by atoms with Gasteiger partial charge in [0.25, 0.3) is 5.91 Å². The third-order valence-electron chi connectivity index (χ3n) is 5.20. The zero-order chi connectivity index (χ0) is 21.4. The van der Waals surface area contributed by atoms with Gasteiger partial charge in [-0.2, -0.15) is 5.26 Å². The van der Waals surface area contributed by atoms with Crippen LogP contribution in [0.25, 0.3) is 0 Å². The second-order valence-electron chi connectivity index (χ2n) is 7.09. The number of alkyl halides is 1. The van der Waals surface area contributed by atoms with Gasteiger partial charge in [-0.05, 0) is 35.9 Å². The van der Waals surface area contributed by atoms with Crippen molar-refractivity contribution >= 4 is 28.5 Å². The Labute approximate surface area is 175 Å². The van der Waals surface area contributed by atoms with Gasteiger partial charge < -0.3 is 15.8 Å². The Bertz CT molecular complexity index is 1070. The number of carbonyl (C=O) groups is 1. The van der Waals surface area contributed by atoms with E-state index < -0.39 is 22.9 Å². The number of amides is 1. The number of nitriles is 1. The van der Waals surface area contributed by atoms with E-state index in [4.69, 9.17) is 15.7 Å². The van der Waals surface area contributed by atoms with E-state index in [1.54, 1.807) is 0 Å². The quantitative estimate of drug-likeness (QED) is 0.776. The van der Waals surface area contributed by atoms with Crippen LogP contribution in [0.1, 0.15) is 28.0 Å². The van der Waals surface area contributed by atoms with E-state index in [2.05, 4.69) is 15.3 Å². The number of halogens is 2. The molecular formula is C20H17F2N5O2S. The lowest BCUT2D eigenvalue weighted by atomic mass is 9.74. The average molecular weight is 429 g/mol. The van der Waals surface area contributed by atoms with E-state index in [0.717, 1.165) is 17.8 Å². The largest absolute Gasteiger partial charge is 0.379 e. The smallest absolute Gasteiger partial charge is 0.274 e. The molecular weight excluding hydrogens is 412 g/mol. The number of thioether (sulfide) groups is 1. The molecule has 1 saturated heterocycles. The number of nitrogens with two attached hydrogens (primary N) is 1. The van der Waals surface area contributed by atoms with Crippen LogP contribution in [0.4, 0.5) is 14.5 Å². The number of rotatable bonds is 3.